The molecule has 1 amide bonds. The molecule has 0 aliphatic carbocycles. The fourth-order valence-electron chi connectivity index (χ4n) is 3.22. The SMILES string of the molecule is COc1cccc(-c2nnc(SCC(=O)Nc3ccc(Br)cc3C)n2-c2ccc(Cl)cc2)c1. The van der Waals surface area contributed by atoms with Gasteiger partial charge in [0, 0.05) is 26.4 Å². The Bertz CT molecular complexity index is 1290. The minimum absolute atomic E-state index is 0.126. The molecule has 0 fully saturated rings. The Kier molecular flexibility index (Phi) is 7.37. The maximum absolute atomic E-state index is 12.6. The van der Waals surface area contributed by atoms with Gasteiger partial charge in [0.2, 0.25) is 5.91 Å². The van der Waals surface area contributed by atoms with Crippen molar-refractivity contribution in [1.82, 2.24) is 14.8 Å². The second-order valence-electron chi connectivity index (χ2n) is 7.15. The highest BCUT2D eigenvalue weighted by molar-refractivity contribution is 9.10. The van der Waals surface area contributed by atoms with Gasteiger partial charge in [-0.25, -0.2) is 0 Å². The van der Waals surface area contributed by atoms with Gasteiger partial charge in [-0.3, -0.25) is 9.36 Å². The van der Waals surface area contributed by atoms with Gasteiger partial charge in [-0.05, 0) is 67.1 Å². The first-order valence-electron chi connectivity index (χ1n) is 9.99. The van der Waals surface area contributed by atoms with Crippen LogP contribution in [0.2, 0.25) is 5.02 Å². The first-order chi connectivity index (χ1) is 15.9. The molecule has 0 spiro atoms. The molecule has 0 atom stereocenters. The smallest absolute Gasteiger partial charge is 0.234 e. The molecule has 0 saturated heterocycles. The maximum atomic E-state index is 12.6. The van der Waals surface area contributed by atoms with E-state index < -0.39 is 0 Å². The quantitative estimate of drug-likeness (QED) is 0.273. The molecular weight excluding hydrogens is 524 g/mol. The number of anilines is 1. The zero-order chi connectivity index (χ0) is 23.4. The summed E-state index contributed by atoms with van der Waals surface area (Å²) in [5.41, 5.74) is 3.44. The molecule has 0 aliphatic rings. The van der Waals surface area contributed by atoms with Gasteiger partial charge in [-0.15, -0.1) is 10.2 Å². The van der Waals surface area contributed by atoms with E-state index in [0.717, 1.165) is 32.7 Å². The van der Waals surface area contributed by atoms with Crippen LogP contribution in [-0.4, -0.2) is 33.5 Å². The van der Waals surface area contributed by atoms with Gasteiger partial charge < -0.3 is 10.1 Å². The number of halogens is 2. The van der Waals surface area contributed by atoms with Crippen LogP contribution in [0.1, 0.15) is 5.56 Å². The van der Waals surface area contributed by atoms with E-state index in [1.54, 1.807) is 7.11 Å². The standard InChI is InChI=1S/C24H20BrClN4O2S/c1-15-12-17(25)6-11-21(15)27-22(31)14-33-24-29-28-23(16-4-3-5-20(13-16)32-2)30(24)19-9-7-18(26)8-10-19/h3-13H,14H2,1-2H3,(H,27,31). The highest BCUT2D eigenvalue weighted by Crippen LogP contribution is 2.30. The number of hydrogen-bond acceptors (Lipinski definition) is 5. The van der Waals surface area contributed by atoms with Crippen molar-refractivity contribution in [2.24, 2.45) is 0 Å². The molecule has 1 aromatic heterocycles. The maximum Gasteiger partial charge on any atom is 0.234 e. The van der Waals surface area contributed by atoms with Crippen LogP contribution in [-0.2, 0) is 4.79 Å². The third kappa shape index (κ3) is 5.58. The van der Waals surface area contributed by atoms with Gasteiger partial charge >= 0.3 is 0 Å². The summed E-state index contributed by atoms with van der Waals surface area (Å²) in [6, 6.07) is 20.7. The number of aryl methyl sites for hydroxylation is 1. The lowest BCUT2D eigenvalue weighted by Crippen LogP contribution is -2.15. The molecule has 3 aromatic carbocycles. The number of thioether (sulfide) groups is 1. The molecule has 9 heteroatoms. The van der Waals surface area contributed by atoms with Crippen molar-refractivity contribution in [3.63, 3.8) is 0 Å². The van der Waals surface area contributed by atoms with E-state index in [0.29, 0.717) is 16.0 Å². The first kappa shape index (κ1) is 23.4. The fourth-order valence-corrected chi connectivity index (χ4v) is 4.57. The zero-order valence-corrected chi connectivity index (χ0v) is 21.0. The van der Waals surface area contributed by atoms with Gasteiger partial charge in [0.15, 0.2) is 11.0 Å². The average molecular weight is 544 g/mol. The van der Waals surface area contributed by atoms with Crippen LogP contribution in [0.5, 0.6) is 5.75 Å². The van der Waals surface area contributed by atoms with E-state index >= 15 is 0 Å². The minimum Gasteiger partial charge on any atom is -0.497 e. The van der Waals surface area contributed by atoms with Gasteiger partial charge in [-0.2, -0.15) is 0 Å². The van der Waals surface area contributed by atoms with Crippen molar-refractivity contribution < 1.29 is 9.53 Å². The number of methoxy groups -OCH3 is 1. The third-order valence-electron chi connectivity index (χ3n) is 4.84. The van der Waals surface area contributed by atoms with Crippen LogP contribution < -0.4 is 10.1 Å². The van der Waals surface area contributed by atoms with Gasteiger partial charge in [0.25, 0.3) is 0 Å². The molecule has 0 unspecified atom stereocenters. The second-order valence-corrected chi connectivity index (χ2v) is 9.44. The summed E-state index contributed by atoms with van der Waals surface area (Å²) in [5, 5.41) is 13.0. The highest BCUT2D eigenvalue weighted by Gasteiger charge is 2.18. The predicted molar refractivity (Wildman–Crippen MR) is 137 cm³/mol. The molecule has 1 N–H and O–H groups in total. The Balaban J connectivity index is 1.61. The molecule has 4 rings (SSSR count). The molecule has 0 radical (unpaired) electrons. The highest BCUT2D eigenvalue weighted by atomic mass is 79.9. The molecule has 1 heterocycles. The van der Waals surface area contributed by atoms with Crippen LogP contribution in [0.4, 0.5) is 5.69 Å². The summed E-state index contributed by atoms with van der Waals surface area (Å²) in [5.74, 6) is 1.41. The monoisotopic (exact) mass is 542 g/mol. The summed E-state index contributed by atoms with van der Waals surface area (Å²) in [6.45, 7) is 1.95. The lowest BCUT2D eigenvalue weighted by molar-refractivity contribution is -0.113. The Hall–Kier alpha value is -2.81. The number of amides is 1. The summed E-state index contributed by atoms with van der Waals surface area (Å²) in [4.78, 5) is 12.6. The number of rotatable bonds is 7. The van der Waals surface area contributed by atoms with Crippen LogP contribution in [0.25, 0.3) is 17.1 Å². The van der Waals surface area contributed by atoms with Crippen molar-refractivity contribution >= 4 is 50.9 Å². The van der Waals surface area contributed by atoms with E-state index in [9.17, 15) is 4.79 Å². The average Bonchev–Trinajstić information content (AvgIpc) is 3.24. The minimum atomic E-state index is -0.126. The van der Waals surface area contributed by atoms with E-state index in [1.165, 1.54) is 11.8 Å². The summed E-state index contributed by atoms with van der Waals surface area (Å²) in [6.07, 6.45) is 0. The van der Waals surface area contributed by atoms with Crippen LogP contribution in [0.3, 0.4) is 0 Å². The topological polar surface area (TPSA) is 69.0 Å². The van der Waals surface area contributed by atoms with Gasteiger partial charge in [0.1, 0.15) is 5.75 Å². The normalized spacial score (nSPS) is 10.8. The number of benzene rings is 3. The van der Waals surface area contributed by atoms with Crippen LogP contribution in [0, 0.1) is 6.92 Å². The van der Waals surface area contributed by atoms with Crippen LogP contribution >= 0.6 is 39.3 Å². The molecule has 0 aliphatic heterocycles. The molecule has 4 aromatic rings. The number of carbonyl (C=O) groups is 1. The number of hydrogen-bond donors (Lipinski definition) is 1. The third-order valence-corrected chi connectivity index (χ3v) is 6.52. The number of carbonyl (C=O) groups excluding carboxylic acids is 1. The lowest BCUT2D eigenvalue weighted by Gasteiger charge is -2.12. The van der Waals surface area contributed by atoms with Crippen LogP contribution in [0.15, 0.2) is 76.4 Å². The number of nitrogens with zero attached hydrogens (tertiary/aromatic N) is 3. The molecule has 33 heavy (non-hydrogen) atoms. The number of ether oxygens (including phenoxy) is 1. The molecule has 6 nitrogen and oxygen atoms in total. The number of aromatic nitrogens is 3. The van der Waals surface area contributed by atoms with E-state index in [2.05, 4.69) is 31.4 Å². The van der Waals surface area contributed by atoms with E-state index in [-0.39, 0.29) is 11.7 Å². The second kappa shape index (κ2) is 10.4. The Morgan fingerprint density at radius 3 is 2.64 bits per heavy atom. The van der Waals surface area contributed by atoms with Gasteiger partial charge in [0.05, 0.1) is 12.9 Å². The number of nitrogens with one attached hydrogen (secondary N) is 1. The molecule has 168 valence electrons. The van der Waals surface area contributed by atoms with Crippen molar-refractivity contribution in [3.8, 4) is 22.8 Å². The van der Waals surface area contributed by atoms with Crippen molar-refractivity contribution in [2.75, 3.05) is 18.2 Å². The van der Waals surface area contributed by atoms with Crippen molar-refractivity contribution in [2.45, 2.75) is 12.1 Å². The molecule has 0 saturated carbocycles. The molecular formula is C24H20BrClN4O2S. The predicted octanol–water partition coefficient (Wildman–Crippen LogP) is 6.40. The van der Waals surface area contributed by atoms with E-state index in [1.807, 2.05) is 78.2 Å². The van der Waals surface area contributed by atoms with E-state index in [4.69, 9.17) is 16.3 Å². The molecule has 0 bridgehead atoms. The largest absolute Gasteiger partial charge is 0.497 e. The Morgan fingerprint density at radius 1 is 1.12 bits per heavy atom. The Labute approximate surface area is 209 Å². The summed E-state index contributed by atoms with van der Waals surface area (Å²) >= 11 is 10.8. The first-order valence-corrected chi connectivity index (χ1v) is 12.1. The Morgan fingerprint density at radius 2 is 1.91 bits per heavy atom. The fraction of sp³-hybridized carbons (Fsp3) is 0.125. The van der Waals surface area contributed by atoms with Crippen molar-refractivity contribution in [3.05, 3.63) is 81.8 Å². The summed E-state index contributed by atoms with van der Waals surface area (Å²) < 4.78 is 8.24. The summed E-state index contributed by atoms with van der Waals surface area (Å²) in [7, 11) is 1.62. The van der Waals surface area contributed by atoms with Gasteiger partial charge in [-0.1, -0.05) is 51.4 Å². The van der Waals surface area contributed by atoms with Crippen molar-refractivity contribution in [1.29, 1.82) is 0 Å². The lowest BCUT2D eigenvalue weighted by atomic mass is 10.2. The zero-order valence-electron chi connectivity index (χ0n) is 17.9.